The maximum atomic E-state index is 10.7. The smallest absolute Gasteiger partial charge is 0.258 e. The van der Waals surface area contributed by atoms with Gasteiger partial charge in [0, 0.05) is 17.0 Å². The predicted octanol–water partition coefficient (Wildman–Crippen LogP) is 3.07. The average molecular weight is 214 g/mol. The molecule has 0 aliphatic carbocycles. The third kappa shape index (κ3) is 2.45. The largest absolute Gasteiger partial charge is 0.272 e. The van der Waals surface area contributed by atoms with E-state index in [0.717, 1.165) is 11.1 Å². The van der Waals surface area contributed by atoms with Gasteiger partial charge in [-0.1, -0.05) is 12.1 Å². The van der Waals surface area contributed by atoms with Crippen LogP contribution in [0.25, 0.3) is 0 Å². The van der Waals surface area contributed by atoms with Crippen LogP contribution in [0.2, 0.25) is 0 Å². The van der Waals surface area contributed by atoms with Crippen molar-refractivity contribution in [2.75, 3.05) is 0 Å². The molecule has 14 heavy (non-hydrogen) atoms. The van der Waals surface area contributed by atoms with Gasteiger partial charge in [-0.15, -0.1) is 11.6 Å². The number of aryl methyl sites for hydroxylation is 1. The van der Waals surface area contributed by atoms with Gasteiger partial charge in [-0.05, 0) is 25.8 Å². The van der Waals surface area contributed by atoms with E-state index in [1.165, 1.54) is 6.07 Å². The average Bonchev–Trinajstić information content (AvgIpc) is 2.07. The first-order chi connectivity index (χ1) is 6.52. The minimum atomic E-state index is -0.360. The highest BCUT2D eigenvalue weighted by Gasteiger charge is 2.16. The van der Waals surface area contributed by atoms with Crippen LogP contribution in [0.1, 0.15) is 18.1 Å². The van der Waals surface area contributed by atoms with E-state index in [1.807, 2.05) is 19.9 Å². The molecule has 0 radical (unpaired) electrons. The Morgan fingerprint density at radius 3 is 2.71 bits per heavy atom. The van der Waals surface area contributed by atoms with Crippen LogP contribution in [0.3, 0.4) is 0 Å². The third-order valence-corrected chi connectivity index (χ3v) is 2.22. The van der Waals surface area contributed by atoms with Crippen molar-refractivity contribution in [1.29, 1.82) is 0 Å². The van der Waals surface area contributed by atoms with Crippen LogP contribution >= 0.6 is 11.6 Å². The standard InChI is InChI=1S/C10H12ClNO2/c1-7-4-3-5-10(12(13)14)9(7)6-8(2)11/h3-5,8H,6H2,1-2H3. The summed E-state index contributed by atoms with van der Waals surface area (Å²) < 4.78 is 0. The predicted molar refractivity (Wildman–Crippen MR) is 56.9 cm³/mol. The number of hydrogen-bond acceptors (Lipinski definition) is 2. The molecule has 4 heteroatoms. The molecule has 3 nitrogen and oxygen atoms in total. The van der Waals surface area contributed by atoms with Crippen LogP contribution in [-0.2, 0) is 6.42 Å². The van der Waals surface area contributed by atoms with Crippen molar-refractivity contribution in [1.82, 2.24) is 0 Å². The molecule has 0 spiro atoms. The van der Waals surface area contributed by atoms with E-state index in [4.69, 9.17) is 11.6 Å². The number of alkyl halides is 1. The topological polar surface area (TPSA) is 43.1 Å². The van der Waals surface area contributed by atoms with Gasteiger partial charge in [0.15, 0.2) is 0 Å². The molecule has 0 bridgehead atoms. The molecule has 76 valence electrons. The summed E-state index contributed by atoms with van der Waals surface area (Å²) in [4.78, 5) is 10.4. The zero-order valence-electron chi connectivity index (χ0n) is 8.16. The summed E-state index contributed by atoms with van der Waals surface area (Å²) in [6.45, 7) is 3.69. The van der Waals surface area contributed by atoms with Gasteiger partial charge < -0.3 is 0 Å². The molecule has 0 saturated heterocycles. The van der Waals surface area contributed by atoms with Gasteiger partial charge in [0.1, 0.15) is 0 Å². The molecule has 1 aromatic rings. The number of nitro groups is 1. The van der Waals surface area contributed by atoms with E-state index in [-0.39, 0.29) is 16.0 Å². The second kappa shape index (κ2) is 4.42. The van der Waals surface area contributed by atoms with E-state index < -0.39 is 0 Å². The minimum Gasteiger partial charge on any atom is -0.258 e. The highest BCUT2D eigenvalue weighted by molar-refractivity contribution is 6.20. The highest BCUT2D eigenvalue weighted by Crippen LogP contribution is 2.24. The molecule has 0 aliphatic rings. The lowest BCUT2D eigenvalue weighted by Crippen LogP contribution is -2.03. The van der Waals surface area contributed by atoms with Gasteiger partial charge in [0.2, 0.25) is 0 Å². The Hall–Kier alpha value is -1.09. The summed E-state index contributed by atoms with van der Waals surface area (Å²) in [7, 11) is 0. The van der Waals surface area contributed by atoms with E-state index in [9.17, 15) is 10.1 Å². The van der Waals surface area contributed by atoms with Gasteiger partial charge in [0.05, 0.1) is 4.92 Å². The Kier molecular flexibility index (Phi) is 3.47. The Labute approximate surface area is 87.8 Å². The lowest BCUT2D eigenvalue weighted by Gasteiger charge is -2.07. The van der Waals surface area contributed by atoms with Gasteiger partial charge in [-0.2, -0.15) is 0 Å². The molecule has 1 rings (SSSR count). The van der Waals surface area contributed by atoms with Crippen molar-refractivity contribution in [2.24, 2.45) is 0 Å². The molecule has 1 unspecified atom stereocenters. The Bertz CT molecular complexity index is 350. The second-order valence-corrected chi connectivity index (χ2v) is 4.06. The quantitative estimate of drug-likeness (QED) is 0.440. The van der Waals surface area contributed by atoms with Gasteiger partial charge in [-0.3, -0.25) is 10.1 Å². The summed E-state index contributed by atoms with van der Waals surface area (Å²) in [5.41, 5.74) is 1.82. The van der Waals surface area contributed by atoms with Gasteiger partial charge >= 0.3 is 0 Å². The maximum Gasteiger partial charge on any atom is 0.272 e. The van der Waals surface area contributed by atoms with Crippen molar-refractivity contribution >= 4 is 17.3 Å². The molecule has 0 aromatic heterocycles. The van der Waals surface area contributed by atoms with E-state index >= 15 is 0 Å². The Morgan fingerprint density at radius 1 is 1.57 bits per heavy atom. The number of nitrogens with zero attached hydrogens (tertiary/aromatic N) is 1. The Balaban J connectivity index is 3.15. The van der Waals surface area contributed by atoms with Crippen molar-refractivity contribution in [3.05, 3.63) is 39.4 Å². The molecule has 0 saturated carbocycles. The van der Waals surface area contributed by atoms with Crippen molar-refractivity contribution in [3.63, 3.8) is 0 Å². The van der Waals surface area contributed by atoms with Crippen LogP contribution in [0, 0.1) is 17.0 Å². The molecule has 1 aromatic carbocycles. The van der Waals surface area contributed by atoms with Crippen LogP contribution < -0.4 is 0 Å². The van der Waals surface area contributed by atoms with E-state index in [0.29, 0.717) is 6.42 Å². The fourth-order valence-electron chi connectivity index (χ4n) is 1.40. The first-order valence-corrected chi connectivity index (χ1v) is 4.83. The maximum absolute atomic E-state index is 10.7. The zero-order valence-corrected chi connectivity index (χ0v) is 8.91. The monoisotopic (exact) mass is 213 g/mol. The molecule has 1 atom stereocenters. The van der Waals surface area contributed by atoms with Gasteiger partial charge in [-0.25, -0.2) is 0 Å². The summed E-state index contributed by atoms with van der Waals surface area (Å²) in [6.07, 6.45) is 0.532. The number of hydrogen-bond donors (Lipinski definition) is 0. The zero-order chi connectivity index (χ0) is 10.7. The van der Waals surface area contributed by atoms with E-state index in [2.05, 4.69) is 0 Å². The molecular weight excluding hydrogens is 202 g/mol. The highest BCUT2D eigenvalue weighted by atomic mass is 35.5. The van der Waals surface area contributed by atoms with Crippen molar-refractivity contribution in [3.8, 4) is 0 Å². The fourth-order valence-corrected chi connectivity index (χ4v) is 1.56. The number of nitro benzene ring substituents is 1. The first kappa shape index (κ1) is 11.0. The molecule has 0 heterocycles. The summed E-state index contributed by atoms with van der Waals surface area (Å²) in [5.74, 6) is 0. The third-order valence-electron chi connectivity index (χ3n) is 2.07. The molecule has 0 aliphatic heterocycles. The van der Waals surface area contributed by atoms with Crippen molar-refractivity contribution < 1.29 is 4.92 Å². The lowest BCUT2D eigenvalue weighted by atomic mass is 10.0. The number of benzene rings is 1. The normalized spacial score (nSPS) is 12.5. The van der Waals surface area contributed by atoms with Crippen LogP contribution in [0.15, 0.2) is 18.2 Å². The second-order valence-electron chi connectivity index (χ2n) is 3.31. The summed E-state index contributed by atoms with van der Waals surface area (Å²) >= 11 is 5.84. The molecule has 0 amide bonds. The SMILES string of the molecule is Cc1cccc([N+](=O)[O-])c1CC(C)Cl. The Morgan fingerprint density at radius 2 is 2.21 bits per heavy atom. The fraction of sp³-hybridized carbons (Fsp3) is 0.400. The van der Waals surface area contributed by atoms with Crippen LogP contribution in [0.4, 0.5) is 5.69 Å². The number of rotatable bonds is 3. The summed E-state index contributed by atoms with van der Waals surface area (Å²) in [5, 5.41) is 10.6. The van der Waals surface area contributed by atoms with Crippen molar-refractivity contribution in [2.45, 2.75) is 25.6 Å². The minimum absolute atomic E-state index is 0.0881. The molecule has 0 N–H and O–H groups in total. The van der Waals surface area contributed by atoms with Gasteiger partial charge in [0.25, 0.3) is 5.69 Å². The number of halogens is 1. The molecule has 0 fully saturated rings. The lowest BCUT2D eigenvalue weighted by molar-refractivity contribution is -0.385. The van der Waals surface area contributed by atoms with Crippen LogP contribution in [-0.4, -0.2) is 10.3 Å². The molecular formula is C10H12ClNO2. The van der Waals surface area contributed by atoms with E-state index in [1.54, 1.807) is 6.07 Å². The first-order valence-electron chi connectivity index (χ1n) is 4.39. The summed E-state index contributed by atoms with van der Waals surface area (Å²) in [6, 6.07) is 5.07. The van der Waals surface area contributed by atoms with Crippen LogP contribution in [0.5, 0.6) is 0 Å².